The van der Waals surface area contributed by atoms with Gasteiger partial charge in [0.25, 0.3) is 0 Å². The van der Waals surface area contributed by atoms with Crippen LogP contribution in [0.2, 0.25) is 0 Å². The summed E-state index contributed by atoms with van der Waals surface area (Å²) in [4.78, 5) is 38.3. The summed E-state index contributed by atoms with van der Waals surface area (Å²) in [5, 5.41) is 0. The monoisotopic (exact) mass is 1040 g/mol. The third-order valence-corrected chi connectivity index (χ3v) is 12.9. The molecule has 0 aromatic rings. The van der Waals surface area contributed by atoms with Crippen molar-refractivity contribution in [3.63, 3.8) is 0 Å². The number of carbonyl (C=O) groups is 3. The van der Waals surface area contributed by atoms with Gasteiger partial charge in [0.05, 0.1) is 0 Å². The van der Waals surface area contributed by atoms with Crippen LogP contribution in [0.4, 0.5) is 0 Å². The van der Waals surface area contributed by atoms with Crippen LogP contribution in [0.25, 0.3) is 0 Å². The van der Waals surface area contributed by atoms with Crippen LogP contribution in [-0.2, 0) is 28.6 Å². The van der Waals surface area contributed by atoms with Crippen molar-refractivity contribution in [3.05, 3.63) is 122 Å². The molecule has 0 amide bonds. The maximum Gasteiger partial charge on any atom is 0.306 e. The molecule has 0 aromatic carbocycles. The molecular formula is C69H114O6. The van der Waals surface area contributed by atoms with Gasteiger partial charge in [-0.1, -0.05) is 251 Å². The molecule has 0 aliphatic heterocycles. The fraction of sp³-hybridized carbons (Fsp3) is 0.667. The molecule has 0 saturated heterocycles. The third kappa shape index (κ3) is 60.6. The molecule has 6 nitrogen and oxygen atoms in total. The van der Waals surface area contributed by atoms with E-state index in [1.165, 1.54) is 96.3 Å². The van der Waals surface area contributed by atoms with E-state index in [1.54, 1.807) is 0 Å². The van der Waals surface area contributed by atoms with Gasteiger partial charge in [-0.2, -0.15) is 0 Å². The molecule has 0 aliphatic carbocycles. The molecule has 0 fully saturated rings. The lowest BCUT2D eigenvalue weighted by Gasteiger charge is -2.18. The summed E-state index contributed by atoms with van der Waals surface area (Å²) in [6.07, 6.45) is 86.3. The van der Waals surface area contributed by atoms with Gasteiger partial charge in [0, 0.05) is 19.3 Å². The average Bonchev–Trinajstić information content (AvgIpc) is 3.41. The van der Waals surface area contributed by atoms with E-state index < -0.39 is 6.10 Å². The number of hydrogen-bond donors (Lipinski definition) is 0. The minimum atomic E-state index is -0.808. The van der Waals surface area contributed by atoms with E-state index in [2.05, 4.69) is 142 Å². The van der Waals surface area contributed by atoms with Gasteiger partial charge in [-0.05, 0) is 128 Å². The van der Waals surface area contributed by atoms with Crippen LogP contribution in [-0.4, -0.2) is 37.2 Å². The van der Waals surface area contributed by atoms with E-state index in [-0.39, 0.29) is 37.5 Å². The number of rotatable bonds is 55. The van der Waals surface area contributed by atoms with E-state index in [1.807, 2.05) is 0 Å². The van der Waals surface area contributed by atoms with Gasteiger partial charge in [-0.3, -0.25) is 14.4 Å². The number of carbonyl (C=O) groups excluding carboxylic acids is 3. The van der Waals surface area contributed by atoms with E-state index >= 15 is 0 Å². The van der Waals surface area contributed by atoms with Crippen molar-refractivity contribution < 1.29 is 28.6 Å². The predicted molar refractivity (Wildman–Crippen MR) is 325 cm³/mol. The van der Waals surface area contributed by atoms with Crippen LogP contribution in [0.3, 0.4) is 0 Å². The minimum absolute atomic E-state index is 0.101. The Balaban J connectivity index is 4.44. The van der Waals surface area contributed by atoms with E-state index in [4.69, 9.17) is 14.2 Å². The molecule has 0 bridgehead atoms. The highest BCUT2D eigenvalue weighted by Gasteiger charge is 2.19. The van der Waals surface area contributed by atoms with Crippen molar-refractivity contribution in [2.24, 2.45) is 0 Å². The molecule has 0 rings (SSSR count). The van der Waals surface area contributed by atoms with Crippen LogP contribution in [0, 0.1) is 0 Å². The minimum Gasteiger partial charge on any atom is -0.462 e. The number of hydrogen-bond acceptors (Lipinski definition) is 6. The van der Waals surface area contributed by atoms with Crippen molar-refractivity contribution in [3.8, 4) is 0 Å². The summed E-state index contributed by atoms with van der Waals surface area (Å²) >= 11 is 0. The molecule has 0 aromatic heterocycles. The molecule has 1 unspecified atom stereocenters. The van der Waals surface area contributed by atoms with Gasteiger partial charge in [-0.15, -0.1) is 0 Å². The molecule has 426 valence electrons. The molecule has 0 spiro atoms. The van der Waals surface area contributed by atoms with Gasteiger partial charge in [0.1, 0.15) is 13.2 Å². The maximum atomic E-state index is 12.9. The zero-order valence-electron chi connectivity index (χ0n) is 48.8. The zero-order valence-corrected chi connectivity index (χ0v) is 48.8. The Hall–Kier alpha value is -4.19. The van der Waals surface area contributed by atoms with E-state index in [9.17, 15) is 14.4 Å². The van der Waals surface area contributed by atoms with Crippen LogP contribution < -0.4 is 0 Å². The van der Waals surface area contributed by atoms with Gasteiger partial charge in [-0.25, -0.2) is 0 Å². The van der Waals surface area contributed by atoms with Crippen molar-refractivity contribution in [1.29, 1.82) is 0 Å². The zero-order chi connectivity index (χ0) is 54.3. The summed E-state index contributed by atoms with van der Waals surface area (Å²) < 4.78 is 16.9. The Bertz CT molecular complexity index is 1570. The first-order valence-electron chi connectivity index (χ1n) is 31.0. The Morgan fingerprint density at radius 1 is 0.280 bits per heavy atom. The largest absolute Gasteiger partial charge is 0.462 e. The second kappa shape index (κ2) is 62.4. The summed E-state index contributed by atoms with van der Waals surface area (Å²) in [6, 6.07) is 0. The second-order valence-corrected chi connectivity index (χ2v) is 20.2. The quantitative estimate of drug-likeness (QED) is 0.0261. The Morgan fingerprint density at radius 2 is 0.520 bits per heavy atom. The maximum absolute atomic E-state index is 12.9. The lowest BCUT2D eigenvalue weighted by Crippen LogP contribution is -2.30. The molecule has 75 heavy (non-hydrogen) atoms. The van der Waals surface area contributed by atoms with Crippen molar-refractivity contribution in [2.45, 2.75) is 284 Å². The number of allylic oxidation sites excluding steroid dienone is 20. The molecule has 1 atom stereocenters. The SMILES string of the molecule is CC/C=C\C/C=C\C/C=C\C/C=C\C/C=C\CCCCCC(=O)OC(COC(=O)CCCCCCC/C=C\C/C=C\C/C=C\CC)COC(=O)CCCCCCCCCCCCC/C=C\C/C=C\CCCCCCC. The van der Waals surface area contributed by atoms with Crippen LogP contribution in [0.5, 0.6) is 0 Å². The molecular weight excluding hydrogens is 925 g/mol. The number of ether oxygens (including phenoxy) is 3. The standard InChI is InChI=1S/C69H114O6/c1-4-7-10-13-16-19-22-25-28-30-32-33-34-35-37-38-41-44-47-50-53-56-59-62-68(71)74-65-66(64-73-67(70)61-58-55-52-49-46-43-40-27-24-21-18-15-12-9-6-3)75-69(72)63-60-57-54-51-48-45-42-39-36-31-29-26-23-20-17-14-11-8-5-2/h8-9,11-12,17-18,20-22,25-27,29-30,32,36,39-40,45,48,66H,4-7,10,13-16,19,23-24,28,31,33-35,37-38,41-44,46-47,49-65H2,1-3H3/b11-8-,12-9-,20-17-,21-18-,25-22-,29-26-,32-30-,39-36-,40-27-,48-45-. The second-order valence-electron chi connectivity index (χ2n) is 20.2. The third-order valence-electron chi connectivity index (χ3n) is 12.9. The van der Waals surface area contributed by atoms with Crippen LogP contribution >= 0.6 is 0 Å². The summed E-state index contributed by atoms with van der Waals surface area (Å²) in [6.45, 7) is 6.37. The summed E-state index contributed by atoms with van der Waals surface area (Å²) in [5.74, 6) is -0.950. The number of unbranched alkanes of at least 4 members (excludes halogenated alkanes) is 24. The Labute approximate surface area is 462 Å². The van der Waals surface area contributed by atoms with Crippen molar-refractivity contribution in [2.75, 3.05) is 13.2 Å². The fourth-order valence-corrected chi connectivity index (χ4v) is 8.34. The van der Waals surface area contributed by atoms with Gasteiger partial charge in [0.2, 0.25) is 0 Å². The van der Waals surface area contributed by atoms with E-state index in [0.29, 0.717) is 12.8 Å². The van der Waals surface area contributed by atoms with Gasteiger partial charge < -0.3 is 14.2 Å². The smallest absolute Gasteiger partial charge is 0.306 e. The lowest BCUT2D eigenvalue weighted by molar-refractivity contribution is -0.167. The van der Waals surface area contributed by atoms with Crippen molar-refractivity contribution >= 4 is 17.9 Å². The first-order chi connectivity index (χ1) is 37.0. The molecule has 0 N–H and O–H groups in total. The first kappa shape index (κ1) is 70.8. The molecule has 0 saturated carbocycles. The highest BCUT2D eigenvalue weighted by atomic mass is 16.6. The normalized spacial score (nSPS) is 12.9. The van der Waals surface area contributed by atoms with Crippen LogP contribution in [0.15, 0.2) is 122 Å². The molecule has 0 radical (unpaired) electrons. The predicted octanol–water partition coefficient (Wildman–Crippen LogP) is 21.2. The highest BCUT2D eigenvalue weighted by molar-refractivity contribution is 5.71. The summed E-state index contributed by atoms with van der Waals surface area (Å²) in [5.41, 5.74) is 0. The van der Waals surface area contributed by atoms with E-state index in [0.717, 1.165) is 141 Å². The Morgan fingerprint density at radius 3 is 0.827 bits per heavy atom. The Kier molecular flexibility index (Phi) is 58.9. The van der Waals surface area contributed by atoms with Gasteiger partial charge >= 0.3 is 17.9 Å². The topological polar surface area (TPSA) is 78.9 Å². The van der Waals surface area contributed by atoms with Gasteiger partial charge in [0.15, 0.2) is 6.10 Å². The summed E-state index contributed by atoms with van der Waals surface area (Å²) in [7, 11) is 0. The number of esters is 3. The average molecular weight is 1040 g/mol. The van der Waals surface area contributed by atoms with Crippen LogP contribution in [0.1, 0.15) is 278 Å². The lowest BCUT2D eigenvalue weighted by atomic mass is 10.0. The fourth-order valence-electron chi connectivity index (χ4n) is 8.34. The van der Waals surface area contributed by atoms with Crippen molar-refractivity contribution in [1.82, 2.24) is 0 Å². The molecule has 6 heteroatoms. The first-order valence-corrected chi connectivity index (χ1v) is 31.0. The molecule has 0 heterocycles. The highest BCUT2D eigenvalue weighted by Crippen LogP contribution is 2.15. The molecule has 0 aliphatic rings.